The van der Waals surface area contributed by atoms with Crippen molar-refractivity contribution in [3.8, 4) is 0 Å². The van der Waals surface area contributed by atoms with Gasteiger partial charge in [-0.15, -0.1) is 0 Å². The van der Waals surface area contributed by atoms with Crippen molar-refractivity contribution < 1.29 is 15.0 Å². The summed E-state index contributed by atoms with van der Waals surface area (Å²) in [4.78, 5) is 10.2. The smallest absolute Gasteiger partial charge is 0.306 e. The van der Waals surface area contributed by atoms with Crippen molar-refractivity contribution in [2.24, 2.45) is 11.8 Å². The van der Waals surface area contributed by atoms with Gasteiger partial charge in [0.15, 0.2) is 0 Å². The summed E-state index contributed by atoms with van der Waals surface area (Å²) >= 11 is 0. The summed E-state index contributed by atoms with van der Waals surface area (Å²) in [5.74, 6) is -1.03. The third-order valence-corrected chi connectivity index (χ3v) is 1.78. The lowest BCUT2D eigenvalue weighted by atomic mass is 10.2. The largest absolute Gasteiger partial charge is 0.481 e. The lowest BCUT2D eigenvalue weighted by molar-refractivity contribution is -0.139. The monoisotopic (exact) mass is 130 g/mol. The minimum absolute atomic E-state index is 0.0162. The van der Waals surface area contributed by atoms with Gasteiger partial charge in [-0.2, -0.15) is 0 Å². The van der Waals surface area contributed by atoms with E-state index in [4.69, 9.17) is 10.2 Å². The summed E-state index contributed by atoms with van der Waals surface area (Å²) in [5, 5.41) is 17.2. The van der Waals surface area contributed by atoms with Crippen molar-refractivity contribution in [2.75, 3.05) is 0 Å². The SMILES string of the molecule is CC(O)[C@H]1C[C@@H]1C(=O)O. The molecule has 0 radical (unpaired) electrons. The van der Waals surface area contributed by atoms with Crippen LogP contribution in [-0.2, 0) is 4.79 Å². The Morgan fingerprint density at radius 3 is 2.44 bits per heavy atom. The summed E-state index contributed by atoms with van der Waals surface area (Å²) in [6, 6.07) is 0. The quantitative estimate of drug-likeness (QED) is 0.557. The average molecular weight is 130 g/mol. The van der Waals surface area contributed by atoms with Crippen LogP contribution in [0.3, 0.4) is 0 Å². The van der Waals surface area contributed by atoms with Crippen LogP contribution in [0.1, 0.15) is 13.3 Å². The van der Waals surface area contributed by atoms with E-state index in [1.165, 1.54) is 0 Å². The highest BCUT2D eigenvalue weighted by atomic mass is 16.4. The Bertz CT molecular complexity index is 130. The Hall–Kier alpha value is -0.570. The Morgan fingerprint density at radius 1 is 1.78 bits per heavy atom. The standard InChI is InChI=1S/C6H10O3/c1-3(7)4-2-5(4)6(8)9/h3-5,7H,2H2,1H3,(H,8,9)/t3?,4-,5+/m1/s1. The second-order valence-corrected chi connectivity index (χ2v) is 2.58. The third kappa shape index (κ3) is 1.21. The van der Waals surface area contributed by atoms with Crippen molar-refractivity contribution in [1.82, 2.24) is 0 Å². The van der Waals surface area contributed by atoms with Gasteiger partial charge in [0.25, 0.3) is 0 Å². The van der Waals surface area contributed by atoms with Gasteiger partial charge in [0, 0.05) is 0 Å². The van der Waals surface area contributed by atoms with E-state index in [1.54, 1.807) is 6.92 Å². The molecule has 0 aromatic rings. The van der Waals surface area contributed by atoms with Crippen LogP contribution >= 0.6 is 0 Å². The zero-order valence-corrected chi connectivity index (χ0v) is 5.24. The molecule has 0 aromatic heterocycles. The van der Waals surface area contributed by atoms with Crippen LogP contribution in [0.25, 0.3) is 0 Å². The highest BCUT2D eigenvalue weighted by Crippen LogP contribution is 2.40. The minimum atomic E-state index is -0.777. The Balaban J connectivity index is 2.33. The number of aliphatic hydroxyl groups excluding tert-OH is 1. The van der Waals surface area contributed by atoms with Crippen molar-refractivity contribution in [1.29, 1.82) is 0 Å². The van der Waals surface area contributed by atoms with Gasteiger partial charge >= 0.3 is 5.97 Å². The van der Waals surface area contributed by atoms with Gasteiger partial charge < -0.3 is 10.2 Å². The molecule has 3 heteroatoms. The molecule has 0 saturated heterocycles. The summed E-state index contributed by atoms with van der Waals surface area (Å²) < 4.78 is 0. The van der Waals surface area contributed by atoms with Crippen molar-refractivity contribution in [3.05, 3.63) is 0 Å². The molecule has 2 N–H and O–H groups in total. The number of hydrogen-bond donors (Lipinski definition) is 2. The van der Waals surface area contributed by atoms with Gasteiger partial charge in [-0.25, -0.2) is 0 Å². The van der Waals surface area contributed by atoms with Gasteiger partial charge in [-0.3, -0.25) is 4.79 Å². The van der Waals surface area contributed by atoms with E-state index in [0.29, 0.717) is 6.42 Å². The maximum atomic E-state index is 10.2. The number of rotatable bonds is 2. The zero-order chi connectivity index (χ0) is 7.02. The van der Waals surface area contributed by atoms with Gasteiger partial charge in [-0.05, 0) is 19.3 Å². The van der Waals surface area contributed by atoms with E-state index in [2.05, 4.69) is 0 Å². The van der Waals surface area contributed by atoms with Crippen LogP contribution in [0.4, 0.5) is 0 Å². The second-order valence-electron chi connectivity index (χ2n) is 2.58. The van der Waals surface area contributed by atoms with Crippen LogP contribution in [0, 0.1) is 11.8 Å². The van der Waals surface area contributed by atoms with E-state index in [-0.39, 0.29) is 11.8 Å². The van der Waals surface area contributed by atoms with Gasteiger partial charge in [0.2, 0.25) is 0 Å². The molecule has 0 spiro atoms. The lowest BCUT2D eigenvalue weighted by Gasteiger charge is -1.97. The van der Waals surface area contributed by atoms with Gasteiger partial charge in [-0.1, -0.05) is 0 Å². The fourth-order valence-electron chi connectivity index (χ4n) is 1.03. The van der Waals surface area contributed by atoms with E-state index in [0.717, 1.165) is 0 Å². The summed E-state index contributed by atoms with van der Waals surface area (Å²) in [7, 11) is 0. The molecular weight excluding hydrogens is 120 g/mol. The van der Waals surface area contributed by atoms with Gasteiger partial charge in [0.1, 0.15) is 0 Å². The third-order valence-electron chi connectivity index (χ3n) is 1.78. The van der Waals surface area contributed by atoms with E-state index in [1.807, 2.05) is 0 Å². The summed E-state index contributed by atoms with van der Waals surface area (Å²) in [6.07, 6.45) is 0.193. The van der Waals surface area contributed by atoms with Crippen LogP contribution in [-0.4, -0.2) is 22.3 Å². The molecule has 1 rings (SSSR count). The average Bonchev–Trinajstić information content (AvgIpc) is 2.39. The van der Waals surface area contributed by atoms with Crippen LogP contribution in [0.5, 0.6) is 0 Å². The van der Waals surface area contributed by atoms with Crippen molar-refractivity contribution in [2.45, 2.75) is 19.4 Å². The highest BCUT2D eigenvalue weighted by molar-refractivity contribution is 5.73. The molecule has 1 aliphatic rings. The Kier molecular flexibility index (Phi) is 1.45. The molecule has 52 valence electrons. The van der Waals surface area contributed by atoms with Crippen LogP contribution < -0.4 is 0 Å². The summed E-state index contributed by atoms with van der Waals surface area (Å²) in [5.41, 5.74) is 0. The van der Waals surface area contributed by atoms with Crippen LogP contribution in [0.2, 0.25) is 0 Å². The number of carboxylic acids is 1. The molecule has 3 atom stereocenters. The van der Waals surface area contributed by atoms with Gasteiger partial charge in [0.05, 0.1) is 12.0 Å². The predicted molar refractivity (Wildman–Crippen MR) is 30.9 cm³/mol. The molecule has 3 nitrogen and oxygen atoms in total. The number of carbonyl (C=O) groups is 1. The second kappa shape index (κ2) is 1.99. The van der Waals surface area contributed by atoms with Crippen molar-refractivity contribution in [3.63, 3.8) is 0 Å². The molecule has 1 unspecified atom stereocenters. The molecule has 1 saturated carbocycles. The first-order valence-electron chi connectivity index (χ1n) is 3.04. The molecule has 0 aliphatic heterocycles. The predicted octanol–water partition coefficient (Wildman–Crippen LogP) is 0.0879. The number of hydrogen-bond acceptors (Lipinski definition) is 2. The molecule has 1 aliphatic carbocycles. The summed E-state index contributed by atoms with van der Waals surface area (Å²) in [6.45, 7) is 1.63. The molecule has 0 bridgehead atoms. The fourth-order valence-corrected chi connectivity index (χ4v) is 1.03. The molecule has 9 heavy (non-hydrogen) atoms. The van der Waals surface area contributed by atoms with E-state index >= 15 is 0 Å². The highest BCUT2D eigenvalue weighted by Gasteiger charge is 2.45. The molecule has 1 fully saturated rings. The maximum Gasteiger partial charge on any atom is 0.306 e. The normalized spacial score (nSPS) is 35.8. The van der Waals surface area contributed by atoms with E-state index < -0.39 is 12.1 Å². The lowest BCUT2D eigenvalue weighted by Crippen LogP contribution is -2.08. The fraction of sp³-hybridized carbons (Fsp3) is 0.833. The first-order chi connectivity index (χ1) is 4.13. The Labute approximate surface area is 53.3 Å². The number of aliphatic carboxylic acids is 1. The molecular formula is C6H10O3. The Morgan fingerprint density at radius 2 is 2.33 bits per heavy atom. The molecule has 0 amide bonds. The minimum Gasteiger partial charge on any atom is -0.481 e. The molecule has 0 heterocycles. The van der Waals surface area contributed by atoms with E-state index in [9.17, 15) is 4.79 Å². The van der Waals surface area contributed by atoms with Crippen LogP contribution in [0.15, 0.2) is 0 Å². The maximum absolute atomic E-state index is 10.2. The number of aliphatic hydroxyl groups is 1. The number of carboxylic acid groups (broad SMARTS) is 1. The first-order valence-corrected chi connectivity index (χ1v) is 3.04. The molecule has 0 aromatic carbocycles. The first kappa shape index (κ1) is 6.55. The topological polar surface area (TPSA) is 57.5 Å². The zero-order valence-electron chi connectivity index (χ0n) is 5.24. The van der Waals surface area contributed by atoms with Crippen molar-refractivity contribution >= 4 is 5.97 Å².